The lowest BCUT2D eigenvalue weighted by atomic mass is 10.1. The monoisotopic (exact) mass is 328 g/mol. The highest BCUT2D eigenvalue weighted by atomic mass is 19.4. The molecule has 0 saturated heterocycles. The molecule has 0 saturated carbocycles. The Labute approximate surface area is 130 Å². The van der Waals surface area contributed by atoms with Crippen LogP contribution in [0.5, 0.6) is 0 Å². The van der Waals surface area contributed by atoms with Crippen LogP contribution in [-0.4, -0.2) is 22.4 Å². The summed E-state index contributed by atoms with van der Waals surface area (Å²) in [6, 6.07) is 2.89. The summed E-state index contributed by atoms with van der Waals surface area (Å²) in [6.07, 6.45) is -3.03. The molecule has 0 aliphatic heterocycles. The van der Waals surface area contributed by atoms with Crippen molar-refractivity contribution in [2.45, 2.75) is 13.1 Å². The maximum Gasteiger partial charge on any atom is 0.416 e. The molecule has 1 aromatic heterocycles. The Morgan fingerprint density at radius 3 is 2.70 bits per heavy atom. The topological polar surface area (TPSA) is 82.2 Å². The van der Waals surface area contributed by atoms with Crippen molar-refractivity contribution in [1.29, 1.82) is 0 Å². The van der Waals surface area contributed by atoms with Crippen LogP contribution in [0.2, 0.25) is 0 Å². The number of carbonyl (C=O) groups excluding carboxylic acids is 1. The predicted molar refractivity (Wildman–Crippen MR) is 78.3 cm³/mol. The largest absolute Gasteiger partial charge is 0.462 e. The number of nitrogen functional groups attached to an aromatic ring is 1. The lowest BCUT2D eigenvalue weighted by Gasteiger charge is -2.12. The molecule has 2 aromatic rings. The average molecular weight is 328 g/mol. The van der Waals surface area contributed by atoms with Gasteiger partial charge in [0.25, 0.3) is 0 Å². The highest BCUT2D eigenvalue weighted by molar-refractivity contribution is 5.95. The smallest absolute Gasteiger partial charge is 0.416 e. The zero-order valence-electron chi connectivity index (χ0n) is 12.4. The van der Waals surface area contributed by atoms with Gasteiger partial charge in [0.15, 0.2) is 5.82 Å². The zero-order valence-corrected chi connectivity index (χ0v) is 12.4. The van der Waals surface area contributed by atoms with Crippen LogP contribution in [0.3, 0.4) is 0 Å². The number of benzene rings is 1. The van der Waals surface area contributed by atoms with E-state index < -0.39 is 17.7 Å². The third-order valence-electron chi connectivity index (χ3n) is 2.96. The molecule has 0 bridgehead atoms. The van der Waals surface area contributed by atoms with Gasteiger partial charge in [0.1, 0.15) is 5.56 Å². The lowest BCUT2D eigenvalue weighted by molar-refractivity contribution is -0.137. The molecule has 2 rings (SSSR count). The standard InChI is InChI=1S/C14H15F3N4O2/c1-3-23-13(22)9-7-21(2)20-12(9)19-11-5-4-8(6-10(11)18)14(15,16)17/h4-7H,3,18H2,1-2H3,(H,19,20). The number of rotatable bonds is 4. The number of alkyl halides is 3. The fourth-order valence-electron chi connectivity index (χ4n) is 1.92. The van der Waals surface area contributed by atoms with Crippen LogP contribution < -0.4 is 11.1 Å². The van der Waals surface area contributed by atoms with E-state index in [4.69, 9.17) is 10.5 Å². The molecule has 0 aliphatic carbocycles. The van der Waals surface area contributed by atoms with Gasteiger partial charge in [0.2, 0.25) is 0 Å². The highest BCUT2D eigenvalue weighted by Gasteiger charge is 2.31. The van der Waals surface area contributed by atoms with Crippen molar-refractivity contribution in [3.8, 4) is 0 Å². The van der Waals surface area contributed by atoms with E-state index in [1.165, 1.54) is 16.9 Å². The van der Waals surface area contributed by atoms with Crippen LogP contribution in [0.25, 0.3) is 0 Å². The molecule has 1 aromatic carbocycles. The van der Waals surface area contributed by atoms with Gasteiger partial charge in [-0.25, -0.2) is 4.79 Å². The lowest BCUT2D eigenvalue weighted by Crippen LogP contribution is -2.09. The minimum absolute atomic E-state index is 0.111. The zero-order chi connectivity index (χ0) is 17.2. The van der Waals surface area contributed by atoms with Crippen molar-refractivity contribution in [3.63, 3.8) is 0 Å². The molecule has 9 heteroatoms. The molecule has 0 aliphatic rings. The molecule has 0 spiro atoms. The van der Waals surface area contributed by atoms with Gasteiger partial charge < -0.3 is 15.8 Å². The fraction of sp³-hybridized carbons (Fsp3) is 0.286. The van der Waals surface area contributed by atoms with Crippen molar-refractivity contribution in [3.05, 3.63) is 35.5 Å². The summed E-state index contributed by atoms with van der Waals surface area (Å²) < 4.78 is 44.2. The number of nitrogens with two attached hydrogens (primary N) is 1. The molecular formula is C14H15F3N4O2. The Bertz CT molecular complexity index is 725. The van der Waals surface area contributed by atoms with Crippen LogP contribution >= 0.6 is 0 Å². The summed E-state index contributed by atoms with van der Waals surface area (Å²) in [7, 11) is 1.60. The van der Waals surface area contributed by atoms with Gasteiger partial charge in [-0.3, -0.25) is 4.68 Å². The maximum atomic E-state index is 12.6. The van der Waals surface area contributed by atoms with E-state index in [-0.39, 0.29) is 29.4 Å². The van der Waals surface area contributed by atoms with Crippen molar-refractivity contribution in [2.24, 2.45) is 7.05 Å². The molecule has 0 unspecified atom stereocenters. The summed E-state index contributed by atoms with van der Waals surface area (Å²) in [6.45, 7) is 1.85. The van der Waals surface area contributed by atoms with Crippen molar-refractivity contribution < 1.29 is 22.7 Å². The van der Waals surface area contributed by atoms with E-state index in [1.807, 2.05) is 0 Å². The van der Waals surface area contributed by atoms with E-state index in [9.17, 15) is 18.0 Å². The number of anilines is 3. The van der Waals surface area contributed by atoms with Crippen LogP contribution in [0.4, 0.5) is 30.4 Å². The van der Waals surface area contributed by atoms with Crippen LogP contribution in [0, 0.1) is 0 Å². The van der Waals surface area contributed by atoms with Gasteiger partial charge in [-0.2, -0.15) is 18.3 Å². The SMILES string of the molecule is CCOC(=O)c1cn(C)nc1Nc1ccc(C(F)(F)F)cc1N. The van der Waals surface area contributed by atoms with E-state index in [1.54, 1.807) is 14.0 Å². The molecule has 124 valence electrons. The molecule has 0 radical (unpaired) electrons. The summed E-state index contributed by atoms with van der Waals surface area (Å²) in [5.41, 5.74) is 5.05. The first-order chi connectivity index (χ1) is 10.7. The highest BCUT2D eigenvalue weighted by Crippen LogP contribution is 2.34. The van der Waals surface area contributed by atoms with Gasteiger partial charge in [0, 0.05) is 13.2 Å². The summed E-state index contributed by atoms with van der Waals surface area (Å²) in [5, 5.41) is 6.80. The second kappa shape index (κ2) is 6.19. The number of esters is 1. The number of hydrogen-bond donors (Lipinski definition) is 2. The van der Waals surface area contributed by atoms with Crippen LogP contribution in [0.1, 0.15) is 22.8 Å². The van der Waals surface area contributed by atoms with Gasteiger partial charge in [-0.05, 0) is 25.1 Å². The molecule has 23 heavy (non-hydrogen) atoms. The molecular weight excluding hydrogens is 313 g/mol. The molecule has 0 amide bonds. The van der Waals surface area contributed by atoms with Gasteiger partial charge in [-0.15, -0.1) is 0 Å². The van der Waals surface area contributed by atoms with Crippen molar-refractivity contribution >= 4 is 23.2 Å². The molecule has 0 fully saturated rings. The molecule has 1 heterocycles. The number of aryl methyl sites for hydroxylation is 1. The summed E-state index contributed by atoms with van der Waals surface area (Å²) >= 11 is 0. The summed E-state index contributed by atoms with van der Waals surface area (Å²) in [5.74, 6) is -0.439. The first kappa shape index (κ1) is 16.7. The van der Waals surface area contributed by atoms with E-state index >= 15 is 0 Å². The predicted octanol–water partition coefficient (Wildman–Crippen LogP) is 2.94. The number of nitrogens with zero attached hydrogens (tertiary/aromatic N) is 2. The Balaban J connectivity index is 2.31. The van der Waals surface area contributed by atoms with Gasteiger partial charge >= 0.3 is 12.1 Å². The third kappa shape index (κ3) is 3.74. The van der Waals surface area contributed by atoms with Crippen molar-refractivity contribution in [2.75, 3.05) is 17.7 Å². The van der Waals surface area contributed by atoms with E-state index in [0.717, 1.165) is 12.1 Å². The second-order valence-electron chi connectivity index (χ2n) is 4.71. The number of carbonyl (C=O) groups is 1. The second-order valence-corrected chi connectivity index (χ2v) is 4.71. The van der Waals surface area contributed by atoms with E-state index in [0.29, 0.717) is 0 Å². The van der Waals surface area contributed by atoms with Gasteiger partial charge in [-0.1, -0.05) is 0 Å². The average Bonchev–Trinajstić information content (AvgIpc) is 2.81. The number of nitrogens with one attached hydrogen (secondary N) is 1. The minimum Gasteiger partial charge on any atom is -0.462 e. The Hall–Kier alpha value is -2.71. The quantitative estimate of drug-likeness (QED) is 0.666. The van der Waals surface area contributed by atoms with Crippen LogP contribution in [0.15, 0.2) is 24.4 Å². The number of ether oxygens (including phenoxy) is 1. The Kier molecular flexibility index (Phi) is 4.48. The molecule has 6 nitrogen and oxygen atoms in total. The first-order valence-corrected chi connectivity index (χ1v) is 6.67. The fourth-order valence-corrected chi connectivity index (χ4v) is 1.92. The first-order valence-electron chi connectivity index (χ1n) is 6.67. The number of hydrogen-bond acceptors (Lipinski definition) is 5. The van der Waals surface area contributed by atoms with E-state index in [2.05, 4.69) is 10.4 Å². The number of halogens is 3. The molecule has 3 N–H and O–H groups in total. The molecule has 0 atom stereocenters. The number of aromatic nitrogens is 2. The van der Waals surface area contributed by atoms with Crippen molar-refractivity contribution in [1.82, 2.24) is 9.78 Å². The Morgan fingerprint density at radius 1 is 1.43 bits per heavy atom. The summed E-state index contributed by atoms with van der Waals surface area (Å²) in [4.78, 5) is 11.8. The van der Waals surface area contributed by atoms with Gasteiger partial charge in [0.05, 0.1) is 23.5 Å². The van der Waals surface area contributed by atoms with Crippen LogP contribution in [-0.2, 0) is 18.0 Å². The normalized spacial score (nSPS) is 11.3. The minimum atomic E-state index is -4.48. The third-order valence-corrected chi connectivity index (χ3v) is 2.96. The maximum absolute atomic E-state index is 12.6. The Morgan fingerprint density at radius 2 is 2.13 bits per heavy atom.